The van der Waals surface area contributed by atoms with Gasteiger partial charge in [0.15, 0.2) is 0 Å². The molecule has 8 heteroatoms. The number of amides is 2. The van der Waals surface area contributed by atoms with Crippen molar-refractivity contribution in [3.8, 4) is 0 Å². The van der Waals surface area contributed by atoms with Crippen LogP contribution in [0.4, 0.5) is 16.2 Å². The van der Waals surface area contributed by atoms with Crippen LogP contribution in [0.25, 0.3) is 0 Å². The van der Waals surface area contributed by atoms with E-state index in [0.29, 0.717) is 24.2 Å². The maximum Gasteiger partial charge on any atom is 0.319 e. The summed E-state index contributed by atoms with van der Waals surface area (Å²) < 4.78 is 11.2. The molecule has 1 aromatic rings. The van der Waals surface area contributed by atoms with E-state index in [2.05, 4.69) is 10.6 Å². The lowest BCUT2D eigenvalue weighted by molar-refractivity contribution is -0.385. The van der Waals surface area contributed by atoms with Crippen molar-refractivity contribution < 1.29 is 13.9 Å². The molecule has 2 N–H and O–H groups in total. The van der Waals surface area contributed by atoms with Crippen molar-refractivity contribution in [2.75, 3.05) is 18.1 Å². The maximum atomic E-state index is 11.7. The summed E-state index contributed by atoms with van der Waals surface area (Å²) in [5.41, 5.74) is 0.982. The molecular formula is C13H19N3O4S. The van der Waals surface area contributed by atoms with E-state index in [-0.39, 0.29) is 10.9 Å². The van der Waals surface area contributed by atoms with E-state index in [0.717, 1.165) is 0 Å². The summed E-state index contributed by atoms with van der Waals surface area (Å²) in [5, 5.41) is 16.0. The van der Waals surface area contributed by atoms with Gasteiger partial charge in [-0.1, -0.05) is 6.92 Å². The molecule has 0 saturated heterocycles. The van der Waals surface area contributed by atoms with Gasteiger partial charge in [-0.05, 0) is 25.5 Å². The first kappa shape index (κ1) is 17.1. The van der Waals surface area contributed by atoms with Crippen molar-refractivity contribution in [1.82, 2.24) is 5.32 Å². The molecule has 7 nitrogen and oxygen atoms in total. The number of nitro groups is 1. The zero-order chi connectivity index (χ0) is 16.0. The summed E-state index contributed by atoms with van der Waals surface area (Å²) in [4.78, 5) is 21.9. The van der Waals surface area contributed by atoms with Gasteiger partial charge in [0.2, 0.25) is 0 Å². The smallest absolute Gasteiger partial charge is 0.319 e. The molecule has 0 aliphatic carbocycles. The first-order valence-electron chi connectivity index (χ1n) is 6.43. The average Bonchev–Trinajstić information content (AvgIpc) is 2.37. The Hall–Kier alpha value is -1.96. The van der Waals surface area contributed by atoms with Crippen LogP contribution >= 0.6 is 0 Å². The minimum atomic E-state index is -0.909. The molecule has 1 rings (SSSR count). The molecule has 0 aromatic heterocycles. The fraction of sp³-hybridized carbons (Fsp3) is 0.462. The Morgan fingerprint density at radius 1 is 1.48 bits per heavy atom. The monoisotopic (exact) mass is 313 g/mol. The Balaban J connectivity index is 2.50. The number of benzene rings is 1. The molecule has 116 valence electrons. The van der Waals surface area contributed by atoms with E-state index >= 15 is 0 Å². The Labute approximate surface area is 125 Å². The summed E-state index contributed by atoms with van der Waals surface area (Å²) in [6.45, 7) is 3.88. The summed E-state index contributed by atoms with van der Waals surface area (Å²) in [5.74, 6) is 0. The quantitative estimate of drug-likeness (QED) is 0.620. The van der Waals surface area contributed by atoms with Crippen LogP contribution in [0.15, 0.2) is 18.2 Å². The topological polar surface area (TPSA) is 101 Å². The number of carbonyl (C=O) groups excluding carboxylic acids is 1. The first-order chi connectivity index (χ1) is 9.81. The number of urea groups is 1. The van der Waals surface area contributed by atoms with E-state index < -0.39 is 21.8 Å². The van der Waals surface area contributed by atoms with Gasteiger partial charge < -0.3 is 10.6 Å². The van der Waals surface area contributed by atoms with Gasteiger partial charge in [0.25, 0.3) is 5.69 Å². The summed E-state index contributed by atoms with van der Waals surface area (Å²) in [7, 11) is -0.909. The zero-order valence-electron chi connectivity index (χ0n) is 12.2. The van der Waals surface area contributed by atoms with Crippen LogP contribution in [-0.2, 0) is 10.8 Å². The number of hydrogen-bond acceptors (Lipinski definition) is 4. The highest BCUT2D eigenvalue weighted by atomic mass is 32.2. The largest absolute Gasteiger partial charge is 0.338 e. The van der Waals surface area contributed by atoms with E-state index in [9.17, 15) is 19.1 Å². The van der Waals surface area contributed by atoms with Crippen LogP contribution in [0.5, 0.6) is 0 Å². The summed E-state index contributed by atoms with van der Waals surface area (Å²) in [6.07, 6.45) is 2.25. The first-order valence-corrected chi connectivity index (χ1v) is 8.05. The molecule has 0 heterocycles. The Kier molecular flexibility index (Phi) is 6.29. The van der Waals surface area contributed by atoms with Crippen LogP contribution in [0.2, 0.25) is 0 Å². The summed E-state index contributed by atoms with van der Waals surface area (Å²) >= 11 is 0. The van der Waals surface area contributed by atoms with Crippen molar-refractivity contribution in [3.63, 3.8) is 0 Å². The van der Waals surface area contributed by atoms with Gasteiger partial charge in [-0.25, -0.2) is 4.79 Å². The lowest BCUT2D eigenvalue weighted by Gasteiger charge is -2.10. The van der Waals surface area contributed by atoms with Crippen LogP contribution in [-0.4, -0.2) is 33.2 Å². The number of carbonyl (C=O) groups is 1. The number of aryl methyl sites for hydroxylation is 1. The molecule has 0 aliphatic heterocycles. The van der Waals surface area contributed by atoms with E-state index in [1.807, 2.05) is 6.92 Å². The number of hydrogen-bond donors (Lipinski definition) is 2. The molecule has 0 radical (unpaired) electrons. The number of nitrogens with zero attached hydrogens (tertiary/aromatic N) is 1. The number of rotatable bonds is 6. The second-order valence-electron chi connectivity index (χ2n) is 4.74. The molecule has 21 heavy (non-hydrogen) atoms. The van der Waals surface area contributed by atoms with Gasteiger partial charge in [-0.2, -0.15) is 0 Å². The van der Waals surface area contributed by atoms with Crippen molar-refractivity contribution in [2.45, 2.75) is 25.5 Å². The van der Waals surface area contributed by atoms with E-state index in [1.165, 1.54) is 12.1 Å². The zero-order valence-corrected chi connectivity index (χ0v) is 13.0. The van der Waals surface area contributed by atoms with Gasteiger partial charge in [-0.3, -0.25) is 14.3 Å². The highest BCUT2D eigenvalue weighted by Gasteiger charge is 2.11. The average molecular weight is 313 g/mol. The maximum absolute atomic E-state index is 11.7. The highest BCUT2D eigenvalue weighted by molar-refractivity contribution is 7.84. The number of nitrogens with one attached hydrogen (secondary N) is 2. The highest BCUT2D eigenvalue weighted by Crippen LogP contribution is 2.21. The van der Waals surface area contributed by atoms with Gasteiger partial charge in [0.1, 0.15) is 0 Å². The molecule has 0 bridgehead atoms. The fourth-order valence-electron chi connectivity index (χ4n) is 1.67. The normalized spacial score (nSPS) is 13.3. The minimum absolute atomic E-state index is 0.0141. The molecule has 2 amide bonds. The van der Waals surface area contributed by atoms with Crippen molar-refractivity contribution >= 4 is 28.2 Å². The van der Waals surface area contributed by atoms with Crippen LogP contribution in [0, 0.1) is 17.0 Å². The lowest BCUT2D eigenvalue weighted by Crippen LogP contribution is -2.31. The second kappa shape index (κ2) is 7.72. The Morgan fingerprint density at radius 3 is 2.67 bits per heavy atom. The SMILES string of the molecule is Cc1cc(NC(=O)NCC[C@@H](C)[S@](C)=O)ccc1[N+](=O)[O-]. The minimum Gasteiger partial charge on any atom is -0.338 e. The molecule has 2 atom stereocenters. The summed E-state index contributed by atoms with van der Waals surface area (Å²) in [6, 6.07) is 3.99. The van der Waals surface area contributed by atoms with Gasteiger partial charge in [0.05, 0.1) is 4.92 Å². The standard InChI is InChI=1S/C13H19N3O4S/c1-9-8-11(4-5-12(9)16(18)19)15-13(17)14-7-6-10(2)21(3)20/h4-5,8,10H,6-7H2,1-3H3,(H2,14,15,17)/t10-,21+/m1/s1. The van der Waals surface area contributed by atoms with Crippen molar-refractivity contribution in [1.29, 1.82) is 0 Å². The van der Waals surface area contributed by atoms with Crippen LogP contribution in [0.3, 0.4) is 0 Å². The number of nitro benzene ring substituents is 1. The Morgan fingerprint density at radius 2 is 2.14 bits per heavy atom. The molecule has 0 aliphatic rings. The second-order valence-corrected chi connectivity index (χ2v) is 6.54. The van der Waals surface area contributed by atoms with Crippen LogP contribution in [0.1, 0.15) is 18.9 Å². The van der Waals surface area contributed by atoms with Crippen molar-refractivity contribution in [2.24, 2.45) is 0 Å². The third-order valence-electron chi connectivity index (χ3n) is 3.05. The molecular weight excluding hydrogens is 294 g/mol. The predicted octanol–water partition coefficient (Wildman–Crippen LogP) is 2.18. The third-order valence-corrected chi connectivity index (χ3v) is 4.42. The van der Waals surface area contributed by atoms with E-state index in [1.54, 1.807) is 19.2 Å². The molecule has 0 unspecified atom stereocenters. The van der Waals surface area contributed by atoms with Gasteiger partial charge in [-0.15, -0.1) is 0 Å². The van der Waals surface area contributed by atoms with Crippen molar-refractivity contribution in [3.05, 3.63) is 33.9 Å². The molecule has 0 spiro atoms. The van der Waals surface area contributed by atoms with Gasteiger partial charge >= 0.3 is 6.03 Å². The van der Waals surface area contributed by atoms with E-state index in [4.69, 9.17) is 0 Å². The lowest BCUT2D eigenvalue weighted by atomic mass is 10.2. The molecule has 1 aromatic carbocycles. The predicted molar refractivity (Wildman–Crippen MR) is 83.0 cm³/mol. The molecule has 0 saturated carbocycles. The van der Waals surface area contributed by atoms with Crippen LogP contribution < -0.4 is 10.6 Å². The number of anilines is 1. The fourth-order valence-corrected chi connectivity index (χ4v) is 2.12. The molecule has 0 fully saturated rings. The Bertz CT molecular complexity index is 562. The van der Waals surface area contributed by atoms with Gasteiger partial charge in [0, 0.05) is 46.2 Å². The third kappa shape index (κ3) is 5.50.